The maximum atomic E-state index is 6.13. The van der Waals surface area contributed by atoms with E-state index in [4.69, 9.17) is 17.3 Å². The number of halogens is 2. The SMILES string of the molecule is CCC(C)CC(N)c1cc(Cl)cc(Br)c1. The summed E-state index contributed by atoms with van der Waals surface area (Å²) in [7, 11) is 0. The van der Waals surface area contributed by atoms with Gasteiger partial charge in [0.1, 0.15) is 0 Å². The van der Waals surface area contributed by atoms with Gasteiger partial charge in [-0.15, -0.1) is 0 Å². The van der Waals surface area contributed by atoms with Crippen LogP contribution in [0.4, 0.5) is 0 Å². The van der Waals surface area contributed by atoms with Gasteiger partial charge < -0.3 is 5.73 Å². The first-order chi connectivity index (χ1) is 7.02. The molecule has 0 aromatic heterocycles. The smallest absolute Gasteiger partial charge is 0.0420 e. The zero-order valence-corrected chi connectivity index (χ0v) is 11.5. The highest BCUT2D eigenvalue weighted by Gasteiger charge is 2.11. The standard InChI is InChI=1S/C12H17BrClN/c1-3-8(2)4-12(15)9-5-10(13)7-11(14)6-9/h5-8,12H,3-4,15H2,1-2H3. The fourth-order valence-electron chi connectivity index (χ4n) is 1.53. The van der Waals surface area contributed by atoms with Gasteiger partial charge in [-0.05, 0) is 36.1 Å². The number of benzene rings is 1. The predicted molar refractivity (Wildman–Crippen MR) is 70.2 cm³/mol. The van der Waals surface area contributed by atoms with E-state index in [0.717, 1.165) is 27.9 Å². The Labute approximate surface area is 105 Å². The Morgan fingerprint density at radius 3 is 2.60 bits per heavy atom. The van der Waals surface area contributed by atoms with Crippen LogP contribution in [0, 0.1) is 5.92 Å². The van der Waals surface area contributed by atoms with Gasteiger partial charge in [0.2, 0.25) is 0 Å². The van der Waals surface area contributed by atoms with Crippen molar-refractivity contribution in [1.29, 1.82) is 0 Å². The predicted octanol–water partition coefficient (Wildman–Crippen LogP) is 4.54. The lowest BCUT2D eigenvalue weighted by atomic mass is 9.95. The van der Waals surface area contributed by atoms with Crippen LogP contribution in [0.2, 0.25) is 5.02 Å². The molecular weight excluding hydrogens is 273 g/mol. The number of hydrogen-bond acceptors (Lipinski definition) is 1. The van der Waals surface area contributed by atoms with Gasteiger partial charge in [-0.1, -0.05) is 47.8 Å². The first-order valence-electron chi connectivity index (χ1n) is 5.24. The zero-order valence-electron chi connectivity index (χ0n) is 9.13. The molecule has 1 rings (SSSR count). The second-order valence-corrected chi connectivity index (χ2v) is 5.41. The fourth-order valence-corrected chi connectivity index (χ4v) is 2.41. The summed E-state index contributed by atoms with van der Waals surface area (Å²) in [5, 5.41) is 0.735. The molecule has 2 unspecified atom stereocenters. The van der Waals surface area contributed by atoms with Gasteiger partial charge in [0.25, 0.3) is 0 Å². The fraction of sp³-hybridized carbons (Fsp3) is 0.500. The zero-order chi connectivity index (χ0) is 11.4. The van der Waals surface area contributed by atoms with Crippen molar-refractivity contribution in [1.82, 2.24) is 0 Å². The summed E-state index contributed by atoms with van der Waals surface area (Å²) in [6.07, 6.45) is 2.17. The van der Waals surface area contributed by atoms with E-state index in [0.29, 0.717) is 5.92 Å². The highest BCUT2D eigenvalue weighted by molar-refractivity contribution is 9.10. The first kappa shape index (κ1) is 13.0. The van der Waals surface area contributed by atoms with Crippen LogP contribution in [0.3, 0.4) is 0 Å². The average Bonchev–Trinajstić information content (AvgIpc) is 2.16. The highest BCUT2D eigenvalue weighted by Crippen LogP contribution is 2.26. The van der Waals surface area contributed by atoms with Crippen LogP contribution in [0.15, 0.2) is 22.7 Å². The summed E-state index contributed by atoms with van der Waals surface area (Å²) >= 11 is 9.40. The average molecular weight is 291 g/mol. The van der Waals surface area contributed by atoms with Gasteiger partial charge in [0, 0.05) is 15.5 Å². The molecule has 0 aliphatic carbocycles. The molecule has 2 atom stereocenters. The summed E-state index contributed by atoms with van der Waals surface area (Å²) in [5.41, 5.74) is 7.24. The lowest BCUT2D eigenvalue weighted by Crippen LogP contribution is -2.13. The molecule has 1 aromatic rings. The topological polar surface area (TPSA) is 26.0 Å². The van der Waals surface area contributed by atoms with E-state index in [2.05, 4.69) is 29.8 Å². The lowest BCUT2D eigenvalue weighted by molar-refractivity contribution is 0.461. The molecule has 2 N–H and O–H groups in total. The summed E-state index contributed by atoms with van der Waals surface area (Å²) in [4.78, 5) is 0. The van der Waals surface area contributed by atoms with Crippen molar-refractivity contribution in [2.45, 2.75) is 32.7 Å². The molecule has 84 valence electrons. The van der Waals surface area contributed by atoms with Gasteiger partial charge in [-0.3, -0.25) is 0 Å². The third kappa shape index (κ3) is 4.13. The Kier molecular flexibility index (Phi) is 5.10. The molecule has 0 radical (unpaired) electrons. The second-order valence-electron chi connectivity index (χ2n) is 4.06. The van der Waals surface area contributed by atoms with Crippen molar-refractivity contribution in [2.24, 2.45) is 11.7 Å². The van der Waals surface area contributed by atoms with Crippen molar-refractivity contribution >= 4 is 27.5 Å². The van der Waals surface area contributed by atoms with Crippen LogP contribution in [0.1, 0.15) is 38.3 Å². The van der Waals surface area contributed by atoms with Gasteiger partial charge in [-0.25, -0.2) is 0 Å². The lowest BCUT2D eigenvalue weighted by Gasteiger charge is -2.16. The molecule has 0 heterocycles. The molecule has 0 amide bonds. The maximum Gasteiger partial charge on any atom is 0.0420 e. The van der Waals surface area contributed by atoms with Crippen molar-refractivity contribution in [3.8, 4) is 0 Å². The van der Waals surface area contributed by atoms with E-state index in [1.165, 1.54) is 0 Å². The van der Waals surface area contributed by atoms with Crippen molar-refractivity contribution < 1.29 is 0 Å². The molecule has 1 aromatic carbocycles. The Balaban J connectivity index is 2.77. The molecule has 0 bridgehead atoms. The third-order valence-corrected chi connectivity index (χ3v) is 3.34. The Bertz CT molecular complexity index is 307. The first-order valence-corrected chi connectivity index (χ1v) is 6.41. The molecule has 0 saturated carbocycles. The van der Waals surface area contributed by atoms with Crippen molar-refractivity contribution in [3.63, 3.8) is 0 Å². The Morgan fingerprint density at radius 2 is 2.07 bits per heavy atom. The maximum absolute atomic E-state index is 6.13. The summed E-state index contributed by atoms with van der Waals surface area (Å²) in [5.74, 6) is 0.651. The van der Waals surface area contributed by atoms with E-state index in [1.54, 1.807) is 0 Å². The van der Waals surface area contributed by atoms with Crippen LogP contribution in [0.5, 0.6) is 0 Å². The Hall–Kier alpha value is -0.0500. The van der Waals surface area contributed by atoms with Crippen LogP contribution >= 0.6 is 27.5 Å². The van der Waals surface area contributed by atoms with Crippen molar-refractivity contribution in [3.05, 3.63) is 33.3 Å². The van der Waals surface area contributed by atoms with Crippen LogP contribution in [-0.2, 0) is 0 Å². The van der Waals surface area contributed by atoms with Crippen molar-refractivity contribution in [2.75, 3.05) is 0 Å². The van der Waals surface area contributed by atoms with Crippen LogP contribution < -0.4 is 5.73 Å². The molecule has 3 heteroatoms. The summed E-state index contributed by atoms with van der Waals surface area (Å²) < 4.78 is 0.990. The normalized spacial score (nSPS) is 15.0. The molecule has 0 spiro atoms. The van der Waals surface area contributed by atoms with Gasteiger partial charge >= 0.3 is 0 Å². The number of nitrogens with two attached hydrogens (primary N) is 1. The monoisotopic (exact) mass is 289 g/mol. The number of rotatable bonds is 4. The van der Waals surface area contributed by atoms with Gasteiger partial charge in [-0.2, -0.15) is 0 Å². The molecule has 1 nitrogen and oxygen atoms in total. The quantitative estimate of drug-likeness (QED) is 0.865. The largest absolute Gasteiger partial charge is 0.324 e. The molecule has 0 fully saturated rings. The van der Waals surface area contributed by atoms with Crippen LogP contribution in [0.25, 0.3) is 0 Å². The highest BCUT2D eigenvalue weighted by atomic mass is 79.9. The minimum Gasteiger partial charge on any atom is -0.324 e. The molecule has 15 heavy (non-hydrogen) atoms. The Morgan fingerprint density at radius 1 is 1.40 bits per heavy atom. The van der Waals surface area contributed by atoms with E-state index >= 15 is 0 Å². The molecular formula is C12H17BrClN. The number of hydrogen-bond donors (Lipinski definition) is 1. The van der Waals surface area contributed by atoms with E-state index in [9.17, 15) is 0 Å². The van der Waals surface area contributed by atoms with Crippen LogP contribution in [-0.4, -0.2) is 0 Å². The molecule has 0 saturated heterocycles. The van der Waals surface area contributed by atoms with E-state index in [1.807, 2.05) is 18.2 Å². The van der Waals surface area contributed by atoms with Gasteiger partial charge in [0.05, 0.1) is 0 Å². The van der Waals surface area contributed by atoms with E-state index in [-0.39, 0.29) is 6.04 Å². The summed E-state index contributed by atoms with van der Waals surface area (Å²) in [6.45, 7) is 4.41. The van der Waals surface area contributed by atoms with E-state index < -0.39 is 0 Å². The molecule has 0 aliphatic heterocycles. The minimum atomic E-state index is 0.0787. The van der Waals surface area contributed by atoms with Gasteiger partial charge in [0.15, 0.2) is 0 Å². The second kappa shape index (κ2) is 5.88. The summed E-state index contributed by atoms with van der Waals surface area (Å²) in [6, 6.07) is 5.94. The third-order valence-electron chi connectivity index (χ3n) is 2.67. The molecule has 0 aliphatic rings. The minimum absolute atomic E-state index is 0.0787.